The van der Waals surface area contributed by atoms with E-state index in [1.165, 1.54) is 19.9 Å². The van der Waals surface area contributed by atoms with Gasteiger partial charge in [-0.25, -0.2) is 0 Å². The maximum Gasteiger partial charge on any atom is 0.303 e. The van der Waals surface area contributed by atoms with Gasteiger partial charge in [-0.15, -0.1) is 6.58 Å². The van der Waals surface area contributed by atoms with Crippen molar-refractivity contribution in [3.05, 3.63) is 12.7 Å². The monoisotopic (exact) mass is 373 g/mol. The lowest BCUT2D eigenvalue weighted by Crippen LogP contribution is -2.65. The molecule has 10 heteroatoms. The van der Waals surface area contributed by atoms with Crippen molar-refractivity contribution in [2.75, 3.05) is 13.2 Å². The van der Waals surface area contributed by atoms with Gasteiger partial charge in [0.15, 0.2) is 18.5 Å². The van der Waals surface area contributed by atoms with E-state index in [9.17, 15) is 19.2 Å². The van der Waals surface area contributed by atoms with Gasteiger partial charge in [-0.1, -0.05) is 6.08 Å². The number of carbonyl (C=O) groups is 4. The van der Waals surface area contributed by atoms with Crippen molar-refractivity contribution in [1.82, 2.24) is 5.32 Å². The summed E-state index contributed by atoms with van der Waals surface area (Å²) in [5.41, 5.74) is 0. The summed E-state index contributed by atoms with van der Waals surface area (Å²) in [6.45, 7) is 6.86. The molecule has 0 spiro atoms. The van der Waals surface area contributed by atoms with Crippen LogP contribution in [0.5, 0.6) is 0 Å². The third kappa shape index (κ3) is 6.45. The molecule has 0 aliphatic carbocycles. The van der Waals surface area contributed by atoms with Crippen LogP contribution in [0.15, 0.2) is 12.7 Å². The molecule has 0 unspecified atom stereocenters. The van der Waals surface area contributed by atoms with Gasteiger partial charge >= 0.3 is 17.9 Å². The molecule has 1 saturated heterocycles. The van der Waals surface area contributed by atoms with Gasteiger partial charge in [-0.2, -0.15) is 0 Å². The SMILES string of the molecule is C=CCO[C@@H]1O[C@H](COC(C)=O)[C@@H](OC(C)=O)[C@H](OC(C)=O)[C@H]1NC=O. The van der Waals surface area contributed by atoms with Crippen LogP contribution in [0.3, 0.4) is 0 Å². The van der Waals surface area contributed by atoms with Gasteiger partial charge in [-0.05, 0) is 0 Å². The summed E-state index contributed by atoms with van der Waals surface area (Å²) in [5.74, 6) is -1.91. The zero-order chi connectivity index (χ0) is 19.7. The predicted octanol–water partition coefficient (Wildman–Crippen LogP) is -0.545. The molecule has 1 N–H and O–H groups in total. The van der Waals surface area contributed by atoms with Crippen molar-refractivity contribution in [1.29, 1.82) is 0 Å². The van der Waals surface area contributed by atoms with Crippen molar-refractivity contribution < 1.29 is 42.9 Å². The van der Waals surface area contributed by atoms with E-state index in [4.69, 9.17) is 23.7 Å². The summed E-state index contributed by atoms with van der Waals surface area (Å²) >= 11 is 0. The summed E-state index contributed by atoms with van der Waals surface area (Å²) in [6.07, 6.45) is -2.45. The molecular weight excluding hydrogens is 350 g/mol. The van der Waals surface area contributed by atoms with Gasteiger partial charge in [0, 0.05) is 20.8 Å². The third-order valence-corrected chi connectivity index (χ3v) is 3.34. The lowest BCUT2D eigenvalue weighted by atomic mass is 9.96. The minimum absolute atomic E-state index is 0.0764. The van der Waals surface area contributed by atoms with E-state index in [2.05, 4.69) is 11.9 Å². The molecule has 1 rings (SSSR count). The molecule has 146 valence electrons. The maximum atomic E-state index is 11.5. The van der Waals surface area contributed by atoms with Crippen molar-refractivity contribution >= 4 is 24.3 Å². The number of amides is 1. The molecule has 0 aromatic carbocycles. The van der Waals surface area contributed by atoms with Gasteiger partial charge in [0.25, 0.3) is 0 Å². The maximum absolute atomic E-state index is 11.5. The first kappa shape index (κ1) is 21.6. The van der Waals surface area contributed by atoms with Gasteiger partial charge < -0.3 is 29.0 Å². The first-order valence-electron chi connectivity index (χ1n) is 7.85. The van der Waals surface area contributed by atoms with Crippen LogP contribution in [0.4, 0.5) is 0 Å². The van der Waals surface area contributed by atoms with E-state index >= 15 is 0 Å². The highest BCUT2D eigenvalue weighted by Crippen LogP contribution is 2.27. The zero-order valence-electron chi connectivity index (χ0n) is 14.8. The molecule has 0 aromatic rings. The Balaban J connectivity index is 3.18. The summed E-state index contributed by atoms with van der Waals surface area (Å²) in [7, 11) is 0. The second-order valence-corrected chi connectivity index (χ2v) is 5.43. The van der Waals surface area contributed by atoms with Gasteiger partial charge in [0.1, 0.15) is 18.8 Å². The highest BCUT2D eigenvalue weighted by atomic mass is 16.7. The molecule has 26 heavy (non-hydrogen) atoms. The zero-order valence-corrected chi connectivity index (χ0v) is 14.8. The minimum atomic E-state index is -1.13. The fraction of sp³-hybridized carbons (Fsp3) is 0.625. The van der Waals surface area contributed by atoms with Crippen LogP contribution in [-0.4, -0.2) is 68.2 Å². The summed E-state index contributed by atoms with van der Waals surface area (Å²) in [5, 5.41) is 2.45. The molecule has 0 aromatic heterocycles. The van der Waals surface area contributed by atoms with Crippen LogP contribution in [0, 0.1) is 0 Å². The molecule has 0 bridgehead atoms. The molecule has 1 heterocycles. The van der Waals surface area contributed by atoms with E-state index in [1.54, 1.807) is 0 Å². The fourth-order valence-corrected chi connectivity index (χ4v) is 2.46. The topological polar surface area (TPSA) is 126 Å². The normalized spacial score (nSPS) is 27.7. The summed E-state index contributed by atoms with van der Waals surface area (Å²) < 4.78 is 26.6. The fourth-order valence-electron chi connectivity index (χ4n) is 2.46. The first-order chi connectivity index (χ1) is 12.3. The van der Waals surface area contributed by atoms with Gasteiger partial charge in [0.05, 0.1) is 6.61 Å². The lowest BCUT2D eigenvalue weighted by molar-refractivity contribution is -0.274. The highest BCUT2D eigenvalue weighted by molar-refractivity contribution is 5.68. The number of esters is 3. The number of carbonyl (C=O) groups excluding carboxylic acids is 4. The standard InChI is InChI=1S/C16H23NO9/c1-5-6-22-16-13(17-8-18)15(25-11(4)21)14(24-10(3)20)12(26-16)7-23-9(2)19/h5,8,12-16H,1,6-7H2,2-4H3,(H,17,18)/t12-,13-,14-,15-,16-/m1/s1. The summed E-state index contributed by atoms with van der Waals surface area (Å²) in [4.78, 5) is 45.1. The minimum Gasteiger partial charge on any atom is -0.463 e. The predicted molar refractivity (Wildman–Crippen MR) is 85.5 cm³/mol. The van der Waals surface area contributed by atoms with E-state index < -0.39 is 48.6 Å². The molecular formula is C16H23NO9. The Hall–Kier alpha value is -2.46. The van der Waals surface area contributed by atoms with Crippen molar-refractivity contribution in [2.24, 2.45) is 0 Å². The van der Waals surface area contributed by atoms with Crippen LogP contribution in [-0.2, 0) is 42.9 Å². The molecule has 1 aliphatic heterocycles. The number of ether oxygens (including phenoxy) is 5. The van der Waals surface area contributed by atoms with Gasteiger partial charge in [-0.3, -0.25) is 19.2 Å². The molecule has 10 nitrogen and oxygen atoms in total. The molecule has 1 fully saturated rings. The van der Waals surface area contributed by atoms with Crippen molar-refractivity contribution in [3.8, 4) is 0 Å². The Morgan fingerprint density at radius 1 is 1.08 bits per heavy atom. The van der Waals surface area contributed by atoms with Crippen molar-refractivity contribution in [2.45, 2.75) is 51.4 Å². The molecule has 1 amide bonds. The van der Waals surface area contributed by atoms with E-state index in [1.807, 2.05) is 0 Å². The summed E-state index contributed by atoms with van der Waals surface area (Å²) in [6, 6.07) is -0.964. The van der Waals surface area contributed by atoms with Crippen LogP contribution in [0.1, 0.15) is 20.8 Å². The lowest BCUT2D eigenvalue weighted by Gasteiger charge is -2.44. The number of rotatable bonds is 9. The highest BCUT2D eigenvalue weighted by Gasteiger charge is 2.50. The van der Waals surface area contributed by atoms with Crippen LogP contribution < -0.4 is 5.32 Å². The largest absolute Gasteiger partial charge is 0.463 e. The molecule has 5 atom stereocenters. The Morgan fingerprint density at radius 2 is 1.69 bits per heavy atom. The number of hydrogen-bond donors (Lipinski definition) is 1. The molecule has 0 saturated carbocycles. The Morgan fingerprint density at radius 3 is 2.19 bits per heavy atom. The van der Waals surface area contributed by atoms with Crippen molar-refractivity contribution in [3.63, 3.8) is 0 Å². The molecule has 1 aliphatic rings. The smallest absolute Gasteiger partial charge is 0.303 e. The Kier molecular flexibility index (Phi) is 8.73. The van der Waals surface area contributed by atoms with E-state index in [-0.39, 0.29) is 13.2 Å². The number of hydrogen-bond acceptors (Lipinski definition) is 9. The van der Waals surface area contributed by atoms with Crippen LogP contribution in [0.25, 0.3) is 0 Å². The van der Waals surface area contributed by atoms with E-state index in [0.29, 0.717) is 6.41 Å². The average molecular weight is 373 g/mol. The second kappa shape index (κ2) is 10.5. The first-order valence-corrected chi connectivity index (χ1v) is 7.85. The molecule has 0 radical (unpaired) electrons. The Bertz CT molecular complexity index is 536. The van der Waals surface area contributed by atoms with E-state index in [0.717, 1.165) is 6.92 Å². The van der Waals surface area contributed by atoms with Crippen LogP contribution >= 0.6 is 0 Å². The Labute approximate surface area is 150 Å². The third-order valence-electron chi connectivity index (χ3n) is 3.34. The number of nitrogens with one attached hydrogen (secondary N) is 1. The quantitative estimate of drug-likeness (QED) is 0.245. The van der Waals surface area contributed by atoms with Crippen LogP contribution in [0.2, 0.25) is 0 Å². The van der Waals surface area contributed by atoms with Gasteiger partial charge in [0.2, 0.25) is 6.41 Å². The average Bonchev–Trinajstić information content (AvgIpc) is 2.54. The second-order valence-electron chi connectivity index (χ2n) is 5.43.